The molecule has 0 aliphatic rings. The molecular formula is C12H11BrN2O2S. The number of aryl methyl sites for hydroxylation is 2. The first-order chi connectivity index (χ1) is 8.49. The highest BCUT2D eigenvalue weighted by Crippen LogP contribution is 2.30. The Morgan fingerprint density at radius 3 is 2.78 bits per heavy atom. The predicted molar refractivity (Wildman–Crippen MR) is 76.0 cm³/mol. The van der Waals surface area contributed by atoms with Gasteiger partial charge in [-0.15, -0.1) is 0 Å². The fourth-order valence-corrected chi connectivity index (χ4v) is 2.87. The van der Waals surface area contributed by atoms with Crippen LogP contribution in [0.25, 0.3) is 0 Å². The number of halogens is 1. The first-order valence-corrected chi connectivity index (χ1v) is 6.78. The van der Waals surface area contributed by atoms with Gasteiger partial charge in [0.1, 0.15) is 10.6 Å². The van der Waals surface area contributed by atoms with Crippen molar-refractivity contribution in [1.82, 2.24) is 4.37 Å². The Hall–Kier alpha value is -1.40. The lowest BCUT2D eigenvalue weighted by atomic mass is 10.2. The van der Waals surface area contributed by atoms with E-state index in [9.17, 15) is 4.79 Å². The second kappa shape index (κ2) is 5.07. The standard InChI is InChI=1S/C12H11BrN2O2S/c1-6-5-8(13)3-4-9(6)14-11-10(12(16)17)7(2)15-18-11/h3-5,14H,1-2H3,(H,16,17). The Morgan fingerprint density at radius 1 is 1.44 bits per heavy atom. The number of rotatable bonds is 3. The summed E-state index contributed by atoms with van der Waals surface area (Å²) < 4.78 is 5.06. The van der Waals surface area contributed by atoms with E-state index in [2.05, 4.69) is 25.6 Å². The number of aromatic nitrogens is 1. The molecule has 94 valence electrons. The van der Waals surface area contributed by atoms with E-state index in [1.165, 1.54) is 0 Å². The number of hydrogen-bond donors (Lipinski definition) is 2. The smallest absolute Gasteiger partial charge is 0.340 e. The van der Waals surface area contributed by atoms with Gasteiger partial charge in [0.25, 0.3) is 0 Å². The summed E-state index contributed by atoms with van der Waals surface area (Å²) in [5, 5.41) is 12.8. The third-order valence-corrected chi connectivity index (χ3v) is 3.86. The lowest BCUT2D eigenvalue weighted by molar-refractivity contribution is 0.0697. The summed E-state index contributed by atoms with van der Waals surface area (Å²) in [6.45, 7) is 3.65. The quantitative estimate of drug-likeness (QED) is 0.896. The Labute approximate surface area is 117 Å². The number of anilines is 2. The van der Waals surface area contributed by atoms with Gasteiger partial charge in [-0.25, -0.2) is 4.79 Å². The molecule has 0 spiro atoms. The average molecular weight is 327 g/mol. The van der Waals surface area contributed by atoms with Gasteiger partial charge in [0.2, 0.25) is 0 Å². The molecule has 1 heterocycles. The van der Waals surface area contributed by atoms with Gasteiger partial charge in [-0.2, -0.15) is 4.37 Å². The molecule has 0 amide bonds. The number of nitrogens with one attached hydrogen (secondary N) is 1. The van der Waals surface area contributed by atoms with Crippen molar-refractivity contribution in [3.8, 4) is 0 Å². The Kier molecular flexibility index (Phi) is 3.68. The Bertz CT molecular complexity index is 610. The average Bonchev–Trinajstić information content (AvgIpc) is 2.64. The van der Waals surface area contributed by atoms with E-state index in [1.54, 1.807) is 6.92 Å². The summed E-state index contributed by atoms with van der Waals surface area (Å²) >= 11 is 4.55. The van der Waals surface area contributed by atoms with E-state index < -0.39 is 5.97 Å². The molecule has 0 saturated carbocycles. The van der Waals surface area contributed by atoms with Crippen molar-refractivity contribution in [3.05, 3.63) is 39.5 Å². The van der Waals surface area contributed by atoms with Gasteiger partial charge in [-0.05, 0) is 49.1 Å². The number of nitrogens with zero attached hydrogens (tertiary/aromatic N) is 1. The van der Waals surface area contributed by atoms with Crippen molar-refractivity contribution in [2.24, 2.45) is 0 Å². The second-order valence-corrected chi connectivity index (χ2v) is 5.55. The normalized spacial score (nSPS) is 10.4. The highest BCUT2D eigenvalue weighted by atomic mass is 79.9. The van der Waals surface area contributed by atoms with Gasteiger partial charge in [-0.3, -0.25) is 0 Å². The molecule has 0 radical (unpaired) electrons. The molecular weight excluding hydrogens is 316 g/mol. The number of aromatic carboxylic acids is 1. The molecule has 6 heteroatoms. The van der Waals surface area contributed by atoms with E-state index in [1.807, 2.05) is 25.1 Å². The molecule has 2 rings (SSSR count). The van der Waals surface area contributed by atoms with Gasteiger partial charge in [0.15, 0.2) is 0 Å². The molecule has 4 nitrogen and oxygen atoms in total. The molecule has 0 unspecified atom stereocenters. The highest BCUT2D eigenvalue weighted by Gasteiger charge is 2.17. The van der Waals surface area contributed by atoms with Gasteiger partial charge in [0.05, 0.1) is 5.69 Å². The van der Waals surface area contributed by atoms with Crippen LogP contribution < -0.4 is 5.32 Å². The third-order valence-electron chi connectivity index (χ3n) is 2.51. The molecule has 18 heavy (non-hydrogen) atoms. The Morgan fingerprint density at radius 2 is 2.17 bits per heavy atom. The number of carboxylic acids is 1. The minimum absolute atomic E-state index is 0.238. The minimum atomic E-state index is -0.960. The summed E-state index contributed by atoms with van der Waals surface area (Å²) in [4.78, 5) is 11.2. The largest absolute Gasteiger partial charge is 0.478 e. The van der Waals surface area contributed by atoms with E-state index in [4.69, 9.17) is 5.11 Å². The van der Waals surface area contributed by atoms with E-state index in [0.29, 0.717) is 10.7 Å². The van der Waals surface area contributed by atoms with Crippen LogP contribution in [0.5, 0.6) is 0 Å². The van der Waals surface area contributed by atoms with Crippen LogP contribution in [0, 0.1) is 13.8 Å². The van der Waals surface area contributed by atoms with Gasteiger partial charge < -0.3 is 10.4 Å². The topological polar surface area (TPSA) is 62.2 Å². The maximum Gasteiger partial charge on any atom is 0.340 e. The van der Waals surface area contributed by atoms with Crippen LogP contribution in [0.4, 0.5) is 10.7 Å². The number of hydrogen-bond acceptors (Lipinski definition) is 4. The Balaban J connectivity index is 2.37. The van der Waals surface area contributed by atoms with Crippen molar-refractivity contribution >= 4 is 44.1 Å². The van der Waals surface area contributed by atoms with E-state index in [-0.39, 0.29) is 5.56 Å². The van der Waals surface area contributed by atoms with Gasteiger partial charge in [0, 0.05) is 10.2 Å². The van der Waals surface area contributed by atoms with Crippen LogP contribution >= 0.6 is 27.5 Å². The first kappa shape index (κ1) is 13.0. The van der Waals surface area contributed by atoms with Gasteiger partial charge >= 0.3 is 5.97 Å². The lowest BCUT2D eigenvalue weighted by Crippen LogP contribution is -2.02. The SMILES string of the molecule is Cc1cc(Br)ccc1Nc1snc(C)c1C(=O)O. The van der Waals surface area contributed by atoms with E-state index >= 15 is 0 Å². The number of carboxylic acid groups (broad SMARTS) is 1. The molecule has 1 aromatic carbocycles. The van der Waals surface area contributed by atoms with Crippen LogP contribution in [-0.2, 0) is 0 Å². The molecule has 0 aliphatic heterocycles. The number of carbonyl (C=O) groups is 1. The van der Waals surface area contributed by atoms with Crippen LogP contribution in [0.2, 0.25) is 0 Å². The van der Waals surface area contributed by atoms with Crippen molar-refractivity contribution in [3.63, 3.8) is 0 Å². The predicted octanol–water partition coefficient (Wildman–Crippen LogP) is 3.96. The fraction of sp³-hybridized carbons (Fsp3) is 0.167. The minimum Gasteiger partial charge on any atom is -0.478 e. The van der Waals surface area contributed by atoms with Crippen molar-refractivity contribution in [2.45, 2.75) is 13.8 Å². The molecule has 2 aromatic rings. The summed E-state index contributed by atoms with van der Waals surface area (Å²) in [5.41, 5.74) is 2.68. The molecule has 0 fully saturated rings. The van der Waals surface area contributed by atoms with Crippen molar-refractivity contribution < 1.29 is 9.90 Å². The zero-order valence-electron chi connectivity index (χ0n) is 9.82. The maximum atomic E-state index is 11.2. The summed E-state index contributed by atoms with van der Waals surface area (Å²) in [6.07, 6.45) is 0. The van der Waals surface area contributed by atoms with Crippen molar-refractivity contribution in [1.29, 1.82) is 0 Å². The van der Waals surface area contributed by atoms with Gasteiger partial charge in [-0.1, -0.05) is 15.9 Å². The molecule has 0 atom stereocenters. The van der Waals surface area contributed by atoms with Crippen LogP contribution in [0.15, 0.2) is 22.7 Å². The first-order valence-electron chi connectivity index (χ1n) is 5.22. The van der Waals surface area contributed by atoms with Crippen molar-refractivity contribution in [2.75, 3.05) is 5.32 Å². The fourth-order valence-electron chi connectivity index (χ4n) is 1.60. The monoisotopic (exact) mass is 326 g/mol. The van der Waals surface area contributed by atoms with E-state index in [0.717, 1.165) is 27.3 Å². The summed E-state index contributed by atoms with van der Waals surface area (Å²) in [6, 6.07) is 5.78. The molecule has 0 saturated heterocycles. The zero-order chi connectivity index (χ0) is 13.3. The summed E-state index contributed by atoms with van der Waals surface area (Å²) in [5.74, 6) is -0.960. The molecule has 0 bridgehead atoms. The lowest BCUT2D eigenvalue weighted by Gasteiger charge is -2.08. The zero-order valence-corrected chi connectivity index (χ0v) is 12.2. The number of benzene rings is 1. The molecule has 1 aromatic heterocycles. The van der Waals surface area contributed by atoms with Crippen LogP contribution in [0.1, 0.15) is 21.6 Å². The van der Waals surface area contributed by atoms with Crippen LogP contribution in [-0.4, -0.2) is 15.4 Å². The highest BCUT2D eigenvalue weighted by molar-refractivity contribution is 9.10. The molecule has 0 aliphatic carbocycles. The third kappa shape index (κ3) is 2.54. The van der Waals surface area contributed by atoms with Crippen LogP contribution in [0.3, 0.4) is 0 Å². The molecule has 2 N–H and O–H groups in total. The second-order valence-electron chi connectivity index (χ2n) is 3.86. The maximum absolute atomic E-state index is 11.2. The summed E-state index contributed by atoms with van der Waals surface area (Å²) in [7, 11) is 0.